The highest BCUT2D eigenvalue weighted by atomic mass is 19.4. The first-order valence-corrected chi connectivity index (χ1v) is 5.99. The summed E-state index contributed by atoms with van der Waals surface area (Å²) in [4.78, 5) is 22.9. The number of benzene rings is 1. The third kappa shape index (κ3) is 3.01. The maximum absolute atomic E-state index is 12.7. The number of carbonyl (C=O) groups excluding carboxylic acids is 1. The van der Waals surface area contributed by atoms with Crippen LogP contribution in [0.3, 0.4) is 0 Å². The molecule has 2 rings (SSSR count). The van der Waals surface area contributed by atoms with Crippen molar-refractivity contribution < 1.29 is 18.0 Å². The smallest absolute Gasteiger partial charge is 0.293 e. The Morgan fingerprint density at radius 3 is 2.48 bits per heavy atom. The molecule has 4 nitrogen and oxygen atoms in total. The van der Waals surface area contributed by atoms with Crippen molar-refractivity contribution in [2.24, 2.45) is 0 Å². The van der Waals surface area contributed by atoms with Crippen LogP contribution in [0.1, 0.15) is 28.7 Å². The van der Waals surface area contributed by atoms with Crippen molar-refractivity contribution in [1.82, 2.24) is 9.78 Å². The Kier molecular flexibility index (Phi) is 3.67. The molecule has 0 aliphatic heterocycles. The second kappa shape index (κ2) is 5.16. The maximum atomic E-state index is 12.7. The highest BCUT2D eigenvalue weighted by Gasteiger charge is 2.30. The van der Waals surface area contributed by atoms with Gasteiger partial charge in [-0.3, -0.25) is 9.59 Å². The fraction of sp³-hybridized carbons (Fsp3) is 0.214. The van der Waals surface area contributed by atoms with Gasteiger partial charge in [-0.2, -0.15) is 18.3 Å². The normalized spacial score (nSPS) is 11.5. The number of hydrogen-bond donors (Lipinski definition) is 0. The zero-order chi connectivity index (χ0) is 15.8. The molecule has 7 heteroatoms. The molecule has 2 aromatic rings. The number of nitrogens with zero attached hydrogens (tertiary/aromatic N) is 2. The van der Waals surface area contributed by atoms with Gasteiger partial charge in [0.25, 0.3) is 0 Å². The summed E-state index contributed by atoms with van der Waals surface area (Å²) in [7, 11) is 0. The Bertz CT molecular complexity index is 764. The molecule has 0 aliphatic rings. The van der Waals surface area contributed by atoms with E-state index >= 15 is 0 Å². The van der Waals surface area contributed by atoms with Crippen molar-refractivity contribution in [2.75, 3.05) is 0 Å². The van der Waals surface area contributed by atoms with Gasteiger partial charge in [0, 0.05) is 18.7 Å². The average Bonchev–Trinajstić information content (AvgIpc) is 2.37. The minimum atomic E-state index is -4.48. The number of Topliss-reactive ketones (excluding diaryl/α,β-unsaturated/α-hetero) is 1. The van der Waals surface area contributed by atoms with Crippen molar-refractivity contribution in [3.8, 4) is 5.69 Å². The molecule has 21 heavy (non-hydrogen) atoms. The number of halogens is 3. The van der Waals surface area contributed by atoms with E-state index in [4.69, 9.17) is 0 Å². The van der Waals surface area contributed by atoms with Gasteiger partial charge in [0.15, 0.2) is 11.5 Å². The second-order valence-electron chi connectivity index (χ2n) is 4.51. The molecular formula is C14H11F3N2O2. The lowest BCUT2D eigenvalue weighted by Crippen LogP contribution is -2.21. The zero-order valence-corrected chi connectivity index (χ0v) is 11.2. The number of aryl methyl sites for hydroxylation is 1. The van der Waals surface area contributed by atoms with Crippen LogP contribution in [0.4, 0.5) is 13.2 Å². The van der Waals surface area contributed by atoms with Crippen LogP contribution < -0.4 is 5.43 Å². The molecule has 1 aromatic carbocycles. The van der Waals surface area contributed by atoms with Crippen LogP contribution >= 0.6 is 0 Å². The van der Waals surface area contributed by atoms with E-state index in [1.807, 2.05) is 0 Å². The van der Waals surface area contributed by atoms with Gasteiger partial charge in [-0.1, -0.05) is 6.07 Å². The van der Waals surface area contributed by atoms with E-state index in [0.29, 0.717) is 5.69 Å². The molecule has 0 fully saturated rings. The van der Waals surface area contributed by atoms with E-state index in [9.17, 15) is 22.8 Å². The van der Waals surface area contributed by atoms with Crippen LogP contribution in [0.5, 0.6) is 0 Å². The molecule has 0 atom stereocenters. The SMILES string of the molecule is CC(=O)c1nn(-c2cccc(C(F)(F)F)c2)c(C)cc1=O. The fourth-order valence-electron chi connectivity index (χ4n) is 1.87. The number of ketones is 1. The van der Waals surface area contributed by atoms with Gasteiger partial charge in [-0.15, -0.1) is 0 Å². The minimum Gasteiger partial charge on any atom is -0.293 e. The predicted molar refractivity (Wildman–Crippen MR) is 69.6 cm³/mol. The van der Waals surface area contributed by atoms with Crippen LogP contribution in [0.25, 0.3) is 5.69 Å². The van der Waals surface area contributed by atoms with Crippen LogP contribution in [0.15, 0.2) is 35.1 Å². The van der Waals surface area contributed by atoms with Gasteiger partial charge in [0.2, 0.25) is 5.43 Å². The number of alkyl halides is 3. The van der Waals surface area contributed by atoms with Crippen molar-refractivity contribution in [3.05, 3.63) is 57.5 Å². The van der Waals surface area contributed by atoms with E-state index in [1.165, 1.54) is 32.0 Å². The average molecular weight is 296 g/mol. The Balaban J connectivity index is 2.65. The number of rotatable bonds is 2. The van der Waals surface area contributed by atoms with E-state index in [1.54, 1.807) is 0 Å². The van der Waals surface area contributed by atoms with Crippen molar-refractivity contribution in [2.45, 2.75) is 20.0 Å². The standard InChI is InChI=1S/C14H11F3N2O2/c1-8-6-12(21)13(9(2)20)18-19(8)11-5-3-4-10(7-11)14(15,16)17/h3-7H,1-2H3. The third-order valence-electron chi connectivity index (χ3n) is 2.86. The third-order valence-corrected chi connectivity index (χ3v) is 2.86. The van der Waals surface area contributed by atoms with Crippen LogP contribution in [-0.4, -0.2) is 15.6 Å². The van der Waals surface area contributed by atoms with Gasteiger partial charge < -0.3 is 0 Å². The van der Waals surface area contributed by atoms with E-state index in [-0.39, 0.29) is 11.4 Å². The summed E-state index contributed by atoms with van der Waals surface area (Å²) < 4.78 is 39.3. The molecule has 0 unspecified atom stereocenters. The van der Waals surface area contributed by atoms with Gasteiger partial charge in [0.05, 0.1) is 11.3 Å². The summed E-state index contributed by atoms with van der Waals surface area (Å²) in [6.07, 6.45) is -4.48. The molecule has 1 heterocycles. The Morgan fingerprint density at radius 2 is 1.90 bits per heavy atom. The Labute approximate surface area is 117 Å². The summed E-state index contributed by atoms with van der Waals surface area (Å²) in [6.45, 7) is 2.70. The molecule has 0 aliphatic carbocycles. The molecular weight excluding hydrogens is 285 g/mol. The summed E-state index contributed by atoms with van der Waals surface area (Å²) in [5.74, 6) is -0.541. The van der Waals surface area contributed by atoms with Crippen molar-refractivity contribution in [3.63, 3.8) is 0 Å². The quantitative estimate of drug-likeness (QED) is 0.801. The van der Waals surface area contributed by atoms with Crippen molar-refractivity contribution in [1.29, 1.82) is 0 Å². The fourth-order valence-corrected chi connectivity index (χ4v) is 1.87. The summed E-state index contributed by atoms with van der Waals surface area (Å²) in [6, 6.07) is 5.68. The molecule has 0 saturated carbocycles. The first-order chi connectivity index (χ1) is 9.70. The number of aromatic nitrogens is 2. The Hall–Kier alpha value is -2.44. The molecule has 0 spiro atoms. The molecule has 0 N–H and O–H groups in total. The summed E-state index contributed by atoms with van der Waals surface area (Å²) >= 11 is 0. The van der Waals surface area contributed by atoms with E-state index in [2.05, 4.69) is 5.10 Å². The monoisotopic (exact) mass is 296 g/mol. The Morgan fingerprint density at radius 1 is 1.24 bits per heavy atom. The van der Waals surface area contributed by atoms with Crippen LogP contribution in [0, 0.1) is 6.92 Å². The van der Waals surface area contributed by atoms with Gasteiger partial charge >= 0.3 is 6.18 Å². The lowest BCUT2D eigenvalue weighted by molar-refractivity contribution is -0.137. The maximum Gasteiger partial charge on any atom is 0.416 e. The van der Waals surface area contributed by atoms with E-state index < -0.39 is 23.0 Å². The lowest BCUT2D eigenvalue weighted by Gasteiger charge is -2.13. The second-order valence-corrected chi connectivity index (χ2v) is 4.51. The predicted octanol–water partition coefficient (Wildman–Crippen LogP) is 2.76. The first kappa shape index (κ1) is 15.0. The lowest BCUT2D eigenvalue weighted by atomic mass is 10.2. The van der Waals surface area contributed by atoms with Crippen LogP contribution in [0.2, 0.25) is 0 Å². The minimum absolute atomic E-state index is 0.129. The first-order valence-electron chi connectivity index (χ1n) is 5.99. The highest BCUT2D eigenvalue weighted by molar-refractivity contribution is 5.91. The topological polar surface area (TPSA) is 52.0 Å². The van der Waals surface area contributed by atoms with Crippen LogP contribution in [-0.2, 0) is 6.18 Å². The molecule has 1 aromatic heterocycles. The molecule has 110 valence electrons. The van der Waals surface area contributed by atoms with Gasteiger partial charge in [-0.05, 0) is 25.1 Å². The zero-order valence-electron chi connectivity index (χ0n) is 11.2. The largest absolute Gasteiger partial charge is 0.416 e. The number of carbonyl (C=O) groups is 1. The number of hydrogen-bond acceptors (Lipinski definition) is 3. The molecule has 0 radical (unpaired) electrons. The molecule has 0 bridgehead atoms. The summed E-state index contributed by atoms with van der Waals surface area (Å²) in [5.41, 5.74) is -1.22. The highest BCUT2D eigenvalue weighted by Crippen LogP contribution is 2.30. The van der Waals surface area contributed by atoms with Gasteiger partial charge in [-0.25, -0.2) is 4.68 Å². The molecule has 0 saturated heterocycles. The van der Waals surface area contributed by atoms with E-state index in [0.717, 1.165) is 16.8 Å². The van der Waals surface area contributed by atoms with Gasteiger partial charge in [0.1, 0.15) is 0 Å². The molecule has 0 amide bonds. The van der Waals surface area contributed by atoms with Crippen molar-refractivity contribution >= 4 is 5.78 Å². The summed E-state index contributed by atoms with van der Waals surface area (Å²) in [5, 5.41) is 3.85.